The molecule has 0 bridgehead atoms. The molecule has 1 aliphatic carbocycles. The number of fused-ring (bicyclic) bond motifs is 3. The first kappa shape index (κ1) is 22.2. The molecule has 5 rings (SSSR count). The second-order valence-corrected chi connectivity index (χ2v) is 10.6. The average Bonchev–Trinajstić information content (AvgIpc) is 3.56. The molecule has 4 aromatic heterocycles. The number of carbonyl (C=O) groups is 1. The van der Waals surface area contributed by atoms with Crippen molar-refractivity contribution in [2.75, 3.05) is 5.75 Å². The van der Waals surface area contributed by atoms with Crippen LogP contribution < -0.4 is 5.56 Å². The number of aryl methyl sites for hydroxylation is 3. The first-order valence-electron chi connectivity index (χ1n) is 11.4. The van der Waals surface area contributed by atoms with E-state index in [0.717, 1.165) is 53.0 Å². The molecule has 0 aromatic carbocycles. The molecule has 0 unspecified atom stereocenters. The maximum Gasteiger partial charge on any atom is 0.263 e. The molecule has 8 heteroatoms. The van der Waals surface area contributed by atoms with E-state index < -0.39 is 0 Å². The van der Waals surface area contributed by atoms with Gasteiger partial charge in [0.2, 0.25) is 0 Å². The standard InChI is InChI=1S/C25H27N3O3S2/c1-4-10-27-24(30)22-18-8-5-9-21(18)33-23(22)26-25(27)32-14-20(29)19-12-15(2)28(16(19)3)13-17-7-6-11-31-17/h6-7,11-12H,4-5,8-10,13-14H2,1-3H3. The number of thioether (sulfide) groups is 1. The van der Waals surface area contributed by atoms with Gasteiger partial charge in [-0.25, -0.2) is 4.98 Å². The Bertz CT molecular complexity index is 1390. The Morgan fingerprint density at radius 1 is 1.27 bits per heavy atom. The van der Waals surface area contributed by atoms with Crippen molar-refractivity contribution in [3.05, 3.63) is 68.0 Å². The van der Waals surface area contributed by atoms with E-state index in [1.165, 1.54) is 22.2 Å². The Morgan fingerprint density at radius 2 is 2.12 bits per heavy atom. The number of thiophene rings is 1. The molecule has 6 nitrogen and oxygen atoms in total. The predicted octanol–water partition coefficient (Wildman–Crippen LogP) is 5.39. The molecule has 0 amide bonds. The van der Waals surface area contributed by atoms with Gasteiger partial charge in [0.25, 0.3) is 5.56 Å². The van der Waals surface area contributed by atoms with Crippen molar-refractivity contribution < 1.29 is 9.21 Å². The molecule has 0 N–H and O–H groups in total. The lowest BCUT2D eigenvalue weighted by molar-refractivity contribution is 0.102. The van der Waals surface area contributed by atoms with Crippen molar-refractivity contribution in [3.8, 4) is 0 Å². The summed E-state index contributed by atoms with van der Waals surface area (Å²) in [6.45, 7) is 7.24. The summed E-state index contributed by atoms with van der Waals surface area (Å²) in [5, 5.41) is 1.45. The molecule has 0 saturated carbocycles. The molecule has 33 heavy (non-hydrogen) atoms. The van der Waals surface area contributed by atoms with Gasteiger partial charge in [-0.3, -0.25) is 14.2 Å². The summed E-state index contributed by atoms with van der Waals surface area (Å²) in [5.74, 6) is 1.15. The Hall–Kier alpha value is -2.58. The number of ketones is 1. The number of nitrogens with zero attached hydrogens (tertiary/aromatic N) is 3. The number of hydrogen-bond acceptors (Lipinski definition) is 6. The minimum atomic E-state index is 0.0462. The zero-order valence-corrected chi connectivity index (χ0v) is 20.8. The molecule has 0 radical (unpaired) electrons. The number of rotatable bonds is 8. The van der Waals surface area contributed by atoms with E-state index in [-0.39, 0.29) is 17.1 Å². The molecule has 0 saturated heterocycles. The van der Waals surface area contributed by atoms with Crippen LogP contribution in [0.15, 0.2) is 38.8 Å². The maximum absolute atomic E-state index is 13.3. The highest BCUT2D eigenvalue weighted by atomic mass is 32.2. The van der Waals surface area contributed by atoms with Gasteiger partial charge in [-0.05, 0) is 63.3 Å². The van der Waals surface area contributed by atoms with Crippen LogP contribution in [0.25, 0.3) is 10.2 Å². The summed E-state index contributed by atoms with van der Waals surface area (Å²) < 4.78 is 9.35. The molecule has 4 aromatic rings. The smallest absolute Gasteiger partial charge is 0.263 e. The minimum Gasteiger partial charge on any atom is -0.467 e. The highest BCUT2D eigenvalue weighted by molar-refractivity contribution is 7.99. The van der Waals surface area contributed by atoms with Crippen LogP contribution in [0.2, 0.25) is 0 Å². The van der Waals surface area contributed by atoms with Gasteiger partial charge in [-0.1, -0.05) is 18.7 Å². The number of hydrogen-bond donors (Lipinski definition) is 0. The van der Waals surface area contributed by atoms with Crippen molar-refractivity contribution in [1.82, 2.24) is 14.1 Å². The summed E-state index contributed by atoms with van der Waals surface area (Å²) in [4.78, 5) is 33.5. The second-order valence-electron chi connectivity index (χ2n) is 8.55. The monoisotopic (exact) mass is 481 g/mol. The third-order valence-electron chi connectivity index (χ3n) is 6.34. The zero-order chi connectivity index (χ0) is 23.1. The molecule has 1 aliphatic rings. The van der Waals surface area contributed by atoms with Crippen LogP contribution in [0, 0.1) is 13.8 Å². The third-order valence-corrected chi connectivity index (χ3v) is 8.50. The average molecular weight is 482 g/mol. The van der Waals surface area contributed by atoms with E-state index in [2.05, 4.69) is 11.5 Å². The van der Waals surface area contributed by atoms with Crippen molar-refractivity contribution in [3.63, 3.8) is 0 Å². The molecule has 0 atom stereocenters. The van der Waals surface area contributed by atoms with Gasteiger partial charge < -0.3 is 8.98 Å². The van der Waals surface area contributed by atoms with Gasteiger partial charge in [0, 0.05) is 28.4 Å². The van der Waals surface area contributed by atoms with Crippen LogP contribution in [0.4, 0.5) is 0 Å². The Morgan fingerprint density at radius 3 is 2.88 bits per heavy atom. The lowest BCUT2D eigenvalue weighted by Gasteiger charge is -2.11. The second kappa shape index (κ2) is 8.99. The summed E-state index contributed by atoms with van der Waals surface area (Å²) >= 11 is 3.02. The van der Waals surface area contributed by atoms with Crippen molar-refractivity contribution >= 4 is 39.1 Å². The predicted molar refractivity (Wildman–Crippen MR) is 133 cm³/mol. The van der Waals surface area contributed by atoms with Gasteiger partial charge in [0.1, 0.15) is 10.6 Å². The fraction of sp³-hybridized carbons (Fsp3) is 0.400. The van der Waals surface area contributed by atoms with Crippen molar-refractivity contribution in [2.45, 2.75) is 64.7 Å². The van der Waals surface area contributed by atoms with Crippen LogP contribution >= 0.6 is 23.1 Å². The SMILES string of the molecule is CCCn1c(SCC(=O)c2cc(C)n(Cc3ccco3)c2C)nc2sc3c(c2c1=O)CCC3. The van der Waals surface area contributed by atoms with E-state index in [4.69, 9.17) is 9.40 Å². The zero-order valence-electron chi connectivity index (χ0n) is 19.1. The van der Waals surface area contributed by atoms with Crippen LogP contribution in [0.1, 0.15) is 57.7 Å². The Balaban J connectivity index is 1.41. The summed E-state index contributed by atoms with van der Waals surface area (Å²) in [6, 6.07) is 5.75. The molecule has 0 spiro atoms. The number of aromatic nitrogens is 3. The quantitative estimate of drug-likeness (QED) is 0.192. The first-order valence-corrected chi connectivity index (χ1v) is 13.2. The largest absolute Gasteiger partial charge is 0.467 e. The summed E-state index contributed by atoms with van der Waals surface area (Å²) in [7, 11) is 0. The van der Waals surface area contributed by atoms with Gasteiger partial charge in [-0.2, -0.15) is 0 Å². The van der Waals surface area contributed by atoms with E-state index in [9.17, 15) is 9.59 Å². The summed E-state index contributed by atoms with van der Waals surface area (Å²) in [5.41, 5.74) is 3.92. The van der Waals surface area contributed by atoms with Gasteiger partial charge >= 0.3 is 0 Å². The molecule has 4 heterocycles. The number of furan rings is 1. The van der Waals surface area contributed by atoms with Gasteiger partial charge in [0.15, 0.2) is 10.9 Å². The fourth-order valence-corrected chi connectivity index (χ4v) is 6.89. The first-order chi connectivity index (χ1) is 16.0. The van der Waals surface area contributed by atoms with Crippen molar-refractivity contribution in [1.29, 1.82) is 0 Å². The van der Waals surface area contributed by atoms with Crippen LogP contribution in [-0.4, -0.2) is 25.7 Å². The van der Waals surface area contributed by atoms with Crippen LogP contribution in [0.3, 0.4) is 0 Å². The van der Waals surface area contributed by atoms with Gasteiger partial charge in [-0.15, -0.1) is 11.3 Å². The fourth-order valence-electron chi connectivity index (χ4n) is 4.68. The van der Waals surface area contributed by atoms with E-state index in [0.29, 0.717) is 23.8 Å². The highest BCUT2D eigenvalue weighted by Gasteiger charge is 2.24. The van der Waals surface area contributed by atoms with Crippen LogP contribution in [0.5, 0.6) is 0 Å². The highest BCUT2D eigenvalue weighted by Crippen LogP contribution is 2.35. The Kier molecular flexibility index (Phi) is 6.05. The lowest BCUT2D eigenvalue weighted by atomic mass is 10.2. The molecular weight excluding hydrogens is 454 g/mol. The minimum absolute atomic E-state index is 0.0462. The molecule has 172 valence electrons. The summed E-state index contributed by atoms with van der Waals surface area (Å²) in [6.07, 6.45) is 5.63. The van der Waals surface area contributed by atoms with Crippen molar-refractivity contribution in [2.24, 2.45) is 0 Å². The van der Waals surface area contributed by atoms with E-state index in [1.807, 2.05) is 32.0 Å². The maximum atomic E-state index is 13.3. The molecular formula is C25H27N3O3S2. The normalized spacial score (nSPS) is 13.2. The lowest BCUT2D eigenvalue weighted by Crippen LogP contribution is -2.23. The third kappa shape index (κ3) is 3.99. The van der Waals surface area contributed by atoms with E-state index >= 15 is 0 Å². The Labute approximate surface area is 200 Å². The van der Waals surface area contributed by atoms with Crippen LogP contribution in [-0.2, 0) is 25.9 Å². The molecule has 0 fully saturated rings. The molecule has 0 aliphatic heterocycles. The number of carbonyl (C=O) groups excluding carboxylic acids is 1. The topological polar surface area (TPSA) is 70.0 Å². The number of Topliss-reactive ketones (excluding diaryl/α,β-unsaturated/α-hetero) is 1. The van der Waals surface area contributed by atoms with E-state index in [1.54, 1.807) is 22.2 Å². The van der Waals surface area contributed by atoms with Gasteiger partial charge in [0.05, 0.1) is 23.9 Å².